The van der Waals surface area contributed by atoms with Crippen LogP contribution in [0.15, 0.2) is 0 Å². The van der Waals surface area contributed by atoms with E-state index in [2.05, 4.69) is 22.9 Å². The topological polar surface area (TPSA) is 9.23 Å². The van der Waals surface area contributed by atoms with Gasteiger partial charge in [0.05, 0.1) is 0 Å². The number of hydrogen-bond donors (Lipinski definition) is 0. The number of hydrogen-bond acceptors (Lipinski definition) is 1. The van der Waals surface area contributed by atoms with E-state index < -0.39 is 0 Å². The molecule has 70 valence electrons. The van der Waals surface area contributed by atoms with Crippen molar-refractivity contribution in [2.75, 3.05) is 13.2 Å². The molecule has 0 amide bonds. The molecule has 0 aromatic rings. The van der Waals surface area contributed by atoms with Crippen LogP contribution in [0.5, 0.6) is 0 Å². The zero-order chi connectivity index (χ0) is 8.60. The Morgan fingerprint density at radius 2 is 2.25 bits per heavy atom. The molecule has 1 saturated carbocycles. The van der Waals surface area contributed by atoms with Gasteiger partial charge in [-0.2, -0.15) is 0 Å². The van der Waals surface area contributed by atoms with Crippen molar-refractivity contribution in [2.45, 2.75) is 37.4 Å². The Morgan fingerprint density at radius 1 is 1.42 bits per heavy atom. The van der Waals surface area contributed by atoms with E-state index in [1.165, 1.54) is 25.7 Å². The van der Waals surface area contributed by atoms with Crippen LogP contribution < -0.4 is 0 Å². The molecule has 1 aliphatic heterocycles. The van der Waals surface area contributed by atoms with E-state index >= 15 is 0 Å². The normalized spacial score (nSPS) is 48.5. The van der Waals surface area contributed by atoms with Gasteiger partial charge in [-0.15, -0.1) is 0 Å². The maximum atomic E-state index is 5.45. The Labute approximate surface area is 83.0 Å². The summed E-state index contributed by atoms with van der Waals surface area (Å²) in [5.41, 5.74) is 0.574. The second-order valence-corrected chi connectivity index (χ2v) is 5.85. The van der Waals surface area contributed by atoms with E-state index in [1.807, 2.05) is 0 Å². The highest BCUT2D eigenvalue weighted by Gasteiger charge is 2.41. The van der Waals surface area contributed by atoms with Gasteiger partial charge in [-0.25, -0.2) is 0 Å². The molecular formula is C10H17BrO. The van der Waals surface area contributed by atoms with Crippen LogP contribution in [0.3, 0.4) is 0 Å². The molecule has 0 spiro atoms. The van der Waals surface area contributed by atoms with Crippen LogP contribution in [0.4, 0.5) is 0 Å². The first-order chi connectivity index (χ1) is 5.71. The molecule has 1 heterocycles. The smallest absolute Gasteiger partial charge is 0.0500 e. The number of rotatable bonds is 1. The molecule has 1 saturated heterocycles. The van der Waals surface area contributed by atoms with Gasteiger partial charge < -0.3 is 4.74 Å². The van der Waals surface area contributed by atoms with Crippen molar-refractivity contribution in [3.05, 3.63) is 0 Å². The predicted molar refractivity (Wildman–Crippen MR) is 53.6 cm³/mol. The van der Waals surface area contributed by atoms with Gasteiger partial charge in [0.1, 0.15) is 0 Å². The monoisotopic (exact) mass is 232 g/mol. The summed E-state index contributed by atoms with van der Waals surface area (Å²) < 4.78 is 5.45. The van der Waals surface area contributed by atoms with Gasteiger partial charge in [-0.3, -0.25) is 0 Å². The largest absolute Gasteiger partial charge is 0.381 e. The Bertz CT molecular complexity index is 165. The van der Waals surface area contributed by atoms with Gasteiger partial charge >= 0.3 is 0 Å². The maximum Gasteiger partial charge on any atom is 0.0500 e. The molecular weight excluding hydrogens is 216 g/mol. The van der Waals surface area contributed by atoms with Crippen molar-refractivity contribution < 1.29 is 4.74 Å². The Morgan fingerprint density at radius 3 is 2.75 bits per heavy atom. The summed E-state index contributed by atoms with van der Waals surface area (Å²) in [4.78, 5) is 0.767. The Balaban J connectivity index is 2.00. The first-order valence-corrected chi connectivity index (χ1v) is 5.84. The number of ether oxygens (including phenoxy) is 1. The molecule has 0 bridgehead atoms. The zero-order valence-corrected chi connectivity index (χ0v) is 9.27. The quantitative estimate of drug-likeness (QED) is 0.632. The minimum atomic E-state index is 0.574. The fraction of sp³-hybridized carbons (Fsp3) is 1.00. The van der Waals surface area contributed by atoms with Gasteiger partial charge in [-0.1, -0.05) is 22.9 Å². The number of alkyl halides is 1. The third kappa shape index (κ3) is 1.56. The van der Waals surface area contributed by atoms with Crippen LogP contribution in [-0.4, -0.2) is 18.0 Å². The van der Waals surface area contributed by atoms with Crippen molar-refractivity contribution in [3.63, 3.8) is 0 Å². The average molecular weight is 233 g/mol. The highest BCUT2D eigenvalue weighted by Crippen LogP contribution is 2.48. The molecule has 3 atom stereocenters. The summed E-state index contributed by atoms with van der Waals surface area (Å²) in [7, 11) is 0. The summed E-state index contributed by atoms with van der Waals surface area (Å²) in [6.07, 6.45) is 5.38. The molecule has 12 heavy (non-hydrogen) atoms. The minimum Gasteiger partial charge on any atom is -0.381 e. The molecule has 2 fully saturated rings. The molecule has 0 radical (unpaired) electrons. The lowest BCUT2D eigenvalue weighted by Gasteiger charge is -2.29. The third-order valence-electron chi connectivity index (χ3n) is 3.63. The first kappa shape index (κ1) is 9.01. The maximum absolute atomic E-state index is 5.45. The molecule has 1 aliphatic carbocycles. The highest BCUT2D eigenvalue weighted by atomic mass is 79.9. The van der Waals surface area contributed by atoms with Crippen molar-refractivity contribution in [1.29, 1.82) is 0 Å². The van der Waals surface area contributed by atoms with E-state index in [0.717, 1.165) is 24.0 Å². The van der Waals surface area contributed by atoms with Crippen molar-refractivity contribution >= 4 is 15.9 Å². The lowest BCUT2D eigenvalue weighted by atomic mass is 9.75. The Kier molecular flexibility index (Phi) is 2.48. The van der Waals surface area contributed by atoms with E-state index in [4.69, 9.17) is 4.74 Å². The van der Waals surface area contributed by atoms with Gasteiger partial charge in [0.25, 0.3) is 0 Å². The molecule has 2 aliphatic rings. The van der Waals surface area contributed by atoms with Crippen molar-refractivity contribution in [1.82, 2.24) is 0 Å². The van der Waals surface area contributed by atoms with Crippen LogP contribution >= 0.6 is 15.9 Å². The van der Waals surface area contributed by atoms with Crippen LogP contribution in [0.2, 0.25) is 0 Å². The predicted octanol–water partition coefficient (Wildman–Crippen LogP) is 2.98. The Hall–Kier alpha value is 0.440. The lowest BCUT2D eigenvalue weighted by Crippen LogP contribution is -2.24. The standard InChI is InChI=1S/C10H17BrO/c1-10(4-2-9(11)6-10)8-3-5-12-7-8/h8-9H,2-7H2,1H3. The van der Waals surface area contributed by atoms with Crippen LogP contribution in [0, 0.1) is 11.3 Å². The summed E-state index contributed by atoms with van der Waals surface area (Å²) in [6.45, 7) is 4.44. The van der Waals surface area contributed by atoms with Gasteiger partial charge in [0.15, 0.2) is 0 Å². The van der Waals surface area contributed by atoms with Gasteiger partial charge in [0.2, 0.25) is 0 Å². The van der Waals surface area contributed by atoms with Gasteiger partial charge in [0, 0.05) is 18.0 Å². The SMILES string of the molecule is CC1(C2CCOC2)CCC(Br)C1. The van der Waals surface area contributed by atoms with Crippen LogP contribution in [0.1, 0.15) is 32.6 Å². The molecule has 0 aromatic heterocycles. The lowest BCUT2D eigenvalue weighted by molar-refractivity contribution is 0.136. The van der Waals surface area contributed by atoms with E-state index in [-0.39, 0.29) is 0 Å². The van der Waals surface area contributed by atoms with E-state index in [9.17, 15) is 0 Å². The fourth-order valence-corrected chi connectivity index (χ4v) is 3.62. The van der Waals surface area contributed by atoms with E-state index in [1.54, 1.807) is 0 Å². The number of halogens is 1. The molecule has 3 unspecified atom stereocenters. The van der Waals surface area contributed by atoms with Crippen LogP contribution in [-0.2, 0) is 4.74 Å². The van der Waals surface area contributed by atoms with Crippen molar-refractivity contribution in [2.24, 2.45) is 11.3 Å². The van der Waals surface area contributed by atoms with Gasteiger partial charge in [-0.05, 0) is 37.0 Å². The first-order valence-electron chi connectivity index (χ1n) is 4.92. The average Bonchev–Trinajstić information content (AvgIpc) is 2.59. The molecule has 0 N–H and O–H groups in total. The van der Waals surface area contributed by atoms with Crippen LogP contribution in [0.25, 0.3) is 0 Å². The second kappa shape index (κ2) is 3.30. The molecule has 0 aromatic carbocycles. The summed E-state index contributed by atoms with van der Waals surface area (Å²) in [5, 5.41) is 0. The summed E-state index contributed by atoms with van der Waals surface area (Å²) >= 11 is 3.72. The summed E-state index contributed by atoms with van der Waals surface area (Å²) in [6, 6.07) is 0. The van der Waals surface area contributed by atoms with Crippen molar-refractivity contribution in [3.8, 4) is 0 Å². The molecule has 2 heteroatoms. The highest BCUT2D eigenvalue weighted by molar-refractivity contribution is 9.09. The minimum absolute atomic E-state index is 0.574. The fourth-order valence-electron chi connectivity index (χ4n) is 2.65. The molecule has 1 nitrogen and oxygen atoms in total. The second-order valence-electron chi connectivity index (χ2n) is 4.55. The van der Waals surface area contributed by atoms with E-state index in [0.29, 0.717) is 5.41 Å². The zero-order valence-electron chi connectivity index (χ0n) is 7.68. The summed E-state index contributed by atoms with van der Waals surface area (Å²) in [5.74, 6) is 0.833. The molecule has 2 rings (SSSR count). The third-order valence-corrected chi connectivity index (χ3v) is 4.41.